The van der Waals surface area contributed by atoms with Gasteiger partial charge in [-0.1, -0.05) is 0 Å². The number of hydrogen-bond donors (Lipinski definition) is 0. The Morgan fingerprint density at radius 2 is 0.250 bits per heavy atom. The van der Waals surface area contributed by atoms with E-state index in [2.05, 4.69) is 0 Å². The molecule has 0 fully saturated rings. The molecule has 0 atom stereocenters. The fraction of sp³-hybridized carbons (Fsp3) is 0. The van der Waals surface area contributed by atoms with E-state index in [1.54, 1.807) is 0 Å². The van der Waals surface area contributed by atoms with Crippen LogP contribution in [0.1, 0.15) is 0 Å². The molecule has 0 unspecified atom stereocenters. The van der Waals surface area contributed by atoms with E-state index in [9.17, 15) is 0 Å². The minimum absolute atomic E-state index is 0. The smallest absolute Gasteiger partial charge is 1.00 e. The third kappa shape index (κ3) is 72.1. The van der Waals surface area contributed by atoms with Crippen LogP contribution in [0.15, 0.2) is 0 Å². The summed E-state index contributed by atoms with van der Waals surface area (Å²) in [7, 11) is 0. The average Bonchev–Trinajstić information content (AvgIpc) is 0. The van der Waals surface area contributed by atoms with Gasteiger partial charge in [0.2, 0.25) is 0 Å². The Morgan fingerprint density at radius 1 is 0.250 bits per heavy atom. The van der Waals surface area contributed by atoms with Crippen molar-refractivity contribution in [1.29, 1.82) is 0 Å². The first-order chi connectivity index (χ1) is 0. The zero-order valence-electron chi connectivity index (χ0n) is 6.84. The Balaban J connectivity index is 0. The molecule has 12 heteroatoms. The molecule has 4 nitrogen and oxygen atoms in total. The summed E-state index contributed by atoms with van der Waals surface area (Å²) < 4.78 is 0. The maximum atomic E-state index is 0. The van der Waals surface area contributed by atoms with E-state index in [0.717, 1.165) is 0 Å². The van der Waals surface area contributed by atoms with Crippen LogP contribution in [-0.4, -0.2) is 0 Å². The number of rotatable bonds is 0. The van der Waals surface area contributed by atoms with Crippen molar-refractivity contribution in [2.45, 2.75) is 0 Å². The molecule has 0 bridgehead atoms. The minimum Gasteiger partial charge on any atom is -2.00 e. The molecule has 0 heterocycles. The van der Waals surface area contributed by atoms with Crippen LogP contribution in [0.25, 0.3) is 0 Å². The van der Waals surface area contributed by atoms with E-state index >= 15 is 0 Å². The molecule has 0 saturated heterocycles. The molecule has 0 aromatic heterocycles. The summed E-state index contributed by atoms with van der Waals surface area (Å²) in [5.74, 6) is 0. The Morgan fingerprint density at radius 3 is 0.250 bits per heavy atom. The second-order valence-corrected chi connectivity index (χ2v) is 0. The van der Waals surface area contributed by atoms with Gasteiger partial charge in [0.15, 0.2) is 0 Å². The molecule has 0 aliphatic heterocycles. The van der Waals surface area contributed by atoms with Crippen molar-refractivity contribution < 1.29 is 344 Å². The van der Waals surface area contributed by atoms with Crippen molar-refractivity contribution in [2.24, 2.45) is 0 Å². The monoisotopic (exact) mass is 1190 g/mol. The van der Waals surface area contributed by atoms with Gasteiger partial charge in [-0.15, -0.1) is 0 Å². The van der Waals surface area contributed by atoms with Gasteiger partial charge in [-0.05, 0) is 0 Å². The van der Waals surface area contributed by atoms with E-state index in [1.807, 2.05) is 0 Å². The standard InChI is InChI=1S/4Au.4O.4Rb/q4*+1;4*-2;4*+1. The predicted octanol–water partition coefficient (Wildman–Crippen LogP) is -12.5. The van der Waals surface area contributed by atoms with Crippen LogP contribution in [0.4, 0.5) is 0 Å². The Labute approximate surface area is 331 Å². The quantitative estimate of drug-likeness (QED) is 0.215. The van der Waals surface area contributed by atoms with Gasteiger partial charge in [0.1, 0.15) is 0 Å². The first-order valence-electron chi connectivity index (χ1n) is 0. The summed E-state index contributed by atoms with van der Waals surface area (Å²) in [6.07, 6.45) is 0. The summed E-state index contributed by atoms with van der Waals surface area (Å²) in [6, 6.07) is 0. The van der Waals surface area contributed by atoms with Crippen molar-refractivity contribution in [3.8, 4) is 0 Å². The molecule has 0 N–H and O–H groups in total. The first-order valence-corrected chi connectivity index (χ1v) is 0. The Kier molecular flexibility index (Phi) is 677. The van der Waals surface area contributed by atoms with Crippen molar-refractivity contribution >= 4 is 0 Å². The molecule has 0 aliphatic carbocycles. The van der Waals surface area contributed by atoms with Crippen LogP contribution >= 0.6 is 0 Å². The SMILES string of the molecule is [Au+].[Au+].[Au+].[Au+].[O-2].[O-2].[O-2].[O-2].[Rb+].[Rb+].[Rb+].[Rb+]. The van der Waals surface area contributed by atoms with Crippen molar-refractivity contribution in [3.05, 3.63) is 0 Å². The molecular formula is Au4O4Rb4. The molecule has 0 radical (unpaired) electrons. The summed E-state index contributed by atoms with van der Waals surface area (Å²) in [5, 5.41) is 0. The maximum absolute atomic E-state index is 0. The van der Waals surface area contributed by atoms with Crippen molar-refractivity contribution in [1.82, 2.24) is 0 Å². The molecular weight excluding hydrogens is 1190 g/mol. The van der Waals surface area contributed by atoms with Gasteiger partial charge in [-0.25, -0.2) is 0 Å². The zero-order chi connectivity index (χ0) is 0. The molecule has 0 amide bonds. The molecule has 0 aromatic carbocycles. The second-order valence-electron chi connectivity index (χ2n) is 0. The summed E-state index contributed by atoms with van der Waals surface area (Å²) in [5.41, 5.74) is 0. The van der Waals surface area contributed by atoms with E-state index < -0.39 is 0 Å². The van der Waals surface area contributed by atoms with Crippen LogP contribution in [0, 0.1) is 0 Å². The van der Waals surface area contributed by atoms with Crippen LogP contribution in [-0.2, 0) is 111 Å². The third-order valence-corrected chi connectivity index (χ3v) is 0. The molecule has 0 spiro atoms. The molecule has 0 rings (SSSR count). The van der Waals surface area contributed by atoms with E-state index in [0.29, 0.717) is 0 Å². The third-order valence-electron chi connectivity index (χ3n) is 0. The predicted molar refractivity (Wildman–Crippen MR) is 2.75 cm³/mol. The van der Waals surface area contributed by atoms with Gasteiger partial charge in [-0.2, -0.15) is 0 Å². The molecule has 0 aromatic rings. The van der Waals surface area contributed by atoms with Gasteiger partial charge in [-0.3, -0.25) is 0 Å². The van der Waals surface area contributed by atoms with Crippen LogP contribution in [0.2, 0.25) is 0 Å². The summed E-state index contributed by atoms with van der Waals surface area (Å²) >= 11 is 0. The van der Waals surface area contributed by atoms with Gasteiger partial charge >= 0.3 is 322 Å². The maximum Gasteiger partial charge on any atom is 1.00 e. The van der Waals surface area contributed by atoms with E-state index in [1.165, 1.54) is 0 Å². The van der Waals surface area contributed by atoms with E-state index in [-0.39, 0.29) is 344 Å². The van der Waals surface area contributed by atoms with Crippen LogP contribution in [0.5, 0.6) is 0 Å². The van der Waals surface area contributed by atoms with E-state index in [4.69, 9.17) is 0 Å². The molecule has 72 valence electrons. The van der Waals surface area contributed by atoms with Crippen molar-refractivity contribution in [2.75, 3.05) is 0 Å². The Bertz CT molecular complexity index is 19.0. The largest absolute Gasteiger partial charge is 2.00 e. The molecule has 0 aliphatic rings. The topological polar surface area (TPSA) is 114 Å². The van der Waals surface area contributed by atoms with Gasteiger partial charge < -0.3 is 21.9 Å². The fourth-order valence-electron chi connectivity index (χ4n) is 0. The zero-order valence-corrected chi connectivity index (χ0v) is 35.2. The minimum atomic E-state index is 0. The number of hydrogen-bond acceptors (Lipinski definition) is 0. The van der Waals surface area contributed by atoms with Crippen LogP contribution < -0.4 is 233 Å². The first kappa shape index (κ1) is 96.9. The summed E-state index contributed by atoms with van der Waals surface area (Å²) in [6.45, 7) is 0. The fourth-order valence-corrected chi connectivity index (χ4v) is 0. The summed E-state index contributed by atoms with van der Waals surface area (Å²) in [4.78, 5) is 0. The Hall–Kier alpha value is 10.0. The van der Waals surface area contributed by atoms with Gasteiger partial charge in [0.25, 0.3) is 0 Å². The normalized spacial score (nSPS) is 0. The molecule has 0 saturated carbocycles. The van der Waals surface area contributed by atoms with Gasteiger partial charge in [0.05, 0.1) is 0 Å². The van der Waals surface area contributed by atoms with Crippen LogP contribution in [0.3, 0.4) is 0 Å². The van der Waals surface area contributed by atoms with Gasteiger partial charge in [0, 0.05) is 0 Å². The second kappa shape index (κ2) is 83.9. The average molecular weight is 1190 g/mol. The van der Waals surface area contributed by atoms with Crippen molar-refractivity contribution in [3.63, 3.8) is 0 Å². The molecule has 12 heavy (non-hydrogen) atoms.